The number of ketones is 1. The number of carbonyl (C=O) groups is 1. The van der Waals surface area contributed by atoms with Crippen molar-refractivity contribution in [3.05, 3.63) is 64.4 Å². The van der Waals surface area contributed by atoms with Crippen LogP contribution in [-0.4, -0.2) is 15.9 Å². The molecule has 0 spiro atoms. The topological polar surface area (TPSA) is 50.2 Å². The van der Waals surface area contributed by atoms with Gasteiger partial charge in [0.15, 0.2) is 5.69 Å². The van der Waals surface area contributed by atoms with Crippen LogP contribution >= 0.6 is 11.6 Å². The molecular formula is C15H12ClNO2. The predicted octanol–water partition coefficient (Wildman–Crippen LogP) is 3.65. The quantitative estimate of drug-likeness (QED) is 0.686. The molecule has 1 aromatic heterocycles. The highest BCUT2D eigenvalue weighted by Crippen LogP contribution is 2.20. The fraction of sp³-hybridized carbons (Fsp3) is 0.0667. The molecule has 1 heterocycles. The van der Waals surface area contributed by atoms with E-state index in [9.17, 15) is 9.90 Å². The van der Waals surface area contributed by atoms with E-state index < -0.39 is 0 Å². The highest BCUT2D eigenvalue weighted by molar-refractivity contribution is 6.30. The van der Waals surface area contributed by atoms with E-state index >= 15 is 0 Å². The van der Waals surface area contributed by atoms with Crippen LogP contribution in [0, 0.1) is 6.92 Å². The number of nitrogens with zero attached hydrogens (tertiary/aromatic N) is 1. The molecule has 19 heavy (non-hydrogen) atoms. The van der Waals surface area contributed by atoms with Crippen LogP contribution in [0.15, 0.2) is 42.6 Å². The van der Waals surface area contributed by atoms with Gasteiger partial charge < -0.3 is 5.11 Å². The summed E-state index contributed by atoms with van der Waals surface area (Å²) in [5.74, 6) is -0.583. The normalized spacial score (nSPS) is 10.8. The van der Waals surface area contributed by atoms with E-state index in [4.69, 9.17) is 11.6 Å². The molecule has 0 saturated carbocycles. The van der Waals surface area contributed by atoms with Crippen molar-refractivity contribution < 1.29 is 9.90 Å². The molecule has 0 bridgehead atoms. The Morgan fingerprint density at radius 1 is 1.32 bits per heavy atom. The summed E-state index contributed by atoms with van der Waals surface area (Å²) in [6.07, 6.45) is 4.38. The maximum absolute atomic E-state index is 11.9. The van der Waals surface area contributed by atoms with Gasteiger partial charge in [0, 0.05) is 12.3 Å². The van der Waals surface area contributed by atoms with Crippen LogP contribution in [0.25, 0.3) is 6.08 Å². The molecule has 0 unspecified atom stereocenters. The lowest BCUT2D eigenvalue weighted by molar-refractivity contribution is 0.104. The summed E-state index contributed by atoms with van der Waals surface area (Å²) in [6, 6.07) is 9.04. The maximum atomic E-state index is 11.9. The third-order valence-corrected chi connectivity index (χ3v) is 2.78. The molecule has 0 amide bonds. The van der Waals surface area contributed by atoms with Crippen molar-refractivity contribution in [1.82, 2.24) is 4.98 Å². The molecule has 0 aliphatic carbocycles. The Morgan fingerprint density at radius 3 is 2.63 bits per heavy atom. The Balaban J connectivity index is 2.18. The van der Waals surface area contributed by atoms with Gasteiger partial charge in [-0.05, 0) is 18.6 Å². The minimum absolute atomic E-state index is 0.00670. The number of aromatic hydroxyl groups is 1. The first-order chi connectivity index (χ1) is 9.06. The monoisotopic (exact) mass is 273 g/mol. The van der Waals surface area contributed by atoms with Gasteiger partial charge in [-0.3, -0.25) is 4.79 Å². The van der Waals surface area contributed by atoms with Crippen molar-refractivity contribution in [2.75, 3.05) is 0 Å². The summed E-state index contributed by atoms with van der Waals surface area (Å²) in [4.78, 5) is 15.7. The molecule has 3 nitrogen and oxygen atoms in total. The largest absolute Gasteiger partial charge is 0.505 e. The van der Waals surface area contributed by atoms with E-state index in [1.54, 1.807) is 6.08 Å². The maximum Gasteiger partial charge on any atom is 0.207 e. The second kappa shape index (κ2) is 5.67. The van der Waals surface area contributed by atoms with Crippen molar-refractivity contribution in [2.24, 2.45) is 0 Å². The number of rotatable bonds is 3. The molecule has 0 fully saturated rings. The number of aryl methyl sites for hydroxylation is 1. The molecule has 2 rings (SSSR count). The second-order valence-corrected chi connectivity index (χ2v) is 4.57. The Hall–Kier alpha value is -2.13. The zero-order valence-corrected chi connectivity index (χ0v) is 11.1. The molecule has 96 valence electrons. The molecule has 0 radical (unpaired) electrons. The van der Waals surface area contributed by atoms with Gasteiger partial charge >= 0.3 is 0 Å². The highest BCUT2D eigenvalue weighted by atomic mass is 35.5. The van der Waals surface area contributed by atoms with Crippen molar-refractivity contribution in [3.63, 3.8) is 0 Å². The van der Waals surface area contributed by atoms with Crippen LogP contribution in [0.5, 0.6) is 5.75 Å². The number of halogens is 1. The molecular weight excluding hydrogens is 262 g/mol. The number of hydrogen-bond acceptors (Lipinski definition) is 3. The van der Waals surface area contributed by atoms with Crippen molar-refractivity contribution in [1.29, 1.82) is 0 Å². The standard InChI is InChI=1S/C15H12ClNO2/c1-10-2-4-11(5-3-10)6-7-13(18)15-14(19)8-12(16)9-17-15/h2-9,19H,1H3/b7-6+. The zero-order valence-electron chi connectivity index (χ0n) is 10.3. The highest BCUT2D eigenvalue weighted by Gasteiger charge is 2.10. The lowest BCUT2D eigenvalue weighted by atomic mass is 10.1. The van der Waals surface area contributed by atoms with E-state index in [1.165, 1.54) is 18.3 Å². The fourth-order valence-corrected chi connectivity index (χ4v) is 1.70. The second-order valence-electron chi connectivity index (χ2n) is 4.13. The summed E-state index contributed by atoms with van der Waals surface area (Å²) in [5.41, 5.74) is 2.06. The molecule has 2 aromatic rings. The van der Waals surface area contributed by atoms with Crippen LogP contribution in [-0.2, 0) is 0 Å². The number of hydrogen-bond donors (Lipinski definition) is 1. The van der Waals surface area contributed by atoms with E-state index in [0.29, 0.717) is 0 Å². The molecule has 1 N–H and O–H groups in total. The first kappa shape index (κ1) is 13.3. The van der Waals surface area contributed by atoms with Crippen LogP contribution < -0.4 is 0 Å². The number of pyridine rings is 1. The Kier molecular flexibility index (Phi) is 3.97. The minimum atomic E-state index is -0.366. The summed E-state index contributed by atoms with van der Waals surface area (Å²) in [5, 5.41) is 9.88. The summed E-state index contributed by atoms with van der Waals surface area (Å²) < 4.78 is 0. The fourth-order valence-electron chi connectivity index (χ4n) is 1.55. The van der Waals surface area contributed by atoms with E-state index in [0.717, 1.165) is 11.1 Å². The summed E-state index contributed by atoms with van der Waals surface area (Å²) >= 11 is 5.66. The smallest absolute Gasteiger partial charge is 0.207 e. The Labute approximate surface area is 116 Å². The van der Waals surface area contributed by atoms with Gasteiger partial charge in [-0.1, -0.05) is 47.5 Å². The predicted molar refractivity (Wildman–Crippen MR) is 75.5 cm³/mol. The number of allylic oxidation sites excluding steroid dienone is 1. The Morgan fingerprint density at radius 2 is 2.00 bits per heavy atom. The molecule has 0 aliphatic rings. The van der Waals surface area contributed by atoms with E-state index in [2.05, 4.69) is 4.98 Å². The Bertz CT molecular complexity index is 633. The number of aromatic nitrogens is 1. The van der Waals surface area contributed by atoms with Crippen molar-refractivity contribution >= 4 is 23.5 Å². The number of carbonyl (C=O) groups excluding carboxylic acids is 1. The van der Waals surface area contributed by atoms with Crippen molar-refractivity contribution in [3.8, 4) is 5.75 Å². The number of benzene rings is 1. The summed E-state index contributed by atoms with van der Waals surface area (Å²) in [7, 11) is 0. The van der Waals surface area contributed by atoms with E-state index in [1.807, 2.05) is 31.2 Å². The SMILES string of the molecule is Cc1ccc(/C=C/C(=O)c2ncc(Cl)cc2O)cc1. The van der Waals surface area contributed by atoms with Crippen LogP contribution in [0.3, 0.4) is 0 Å². The minimum Gasteiger partial charge on any atom is -0.505 e. The third-order valence-electron chi connectivity index (χ3n) is 2.57. The van der Waals surface area contributed by atoms with Gasteiger partial charge in [-0.25, -0.2) is 4.98 Å². The van der Waals surface area contributed by atoms with Gasteiger partial charge in [-0.15, -0.1) is 0 Å². The van der Waals surface area contributed by atoms with Crippen LogP contribution in [0.4, 0.5) is 0 Å². The van der Waals surface area contributed by atoms with Crippen LogP contribution in [0.1, 0.15) is 21.6 Å². The molecule has 0 atom stereocenters. The van der Waals surface area contributed by atoms with Crippen LogP contribution in [0.2, 0.25) is 5.02 Å². The van der Waals surface area contributed by atoms with Gasteiger partial charge in [0.1, 0.15) is 5.75 Å². The zero-order chi connectivity index (χ0) is 13.8. The van der Waals surface area contributed by atoms with E-state index in [-0.39, 0.29) is 22.2 Å². The molecule has 4 heteroatoms. The first-order valence-corrected chi connectivity index (χ1v) is 6.07. The van der Waals surface area contributed by atoms with Gasteiger partial charge in [0.2, 0.25) is 5.78 Å². The molecule has 0 saturated heterocycles. The average molecular weight is 274 g/mol. The van der Waals surface area contributed by atoms with Gasteiger partial charge in [0.05, 0.1) is 5.02 Å². The lowest BCUT2D eigenvalue weighted by Crippen LogP contribution is -1.98. The average Bonchev–Trinajstić information content (AvgIpc) is 2.37. The molecule has 0 aliphatic heterocycles. The first-order valence-electron chi connectivity index (χ1n) is 5.70. The summed E-state index contributed by atoms with van der Waals surface area (Å²) in [6.45, 7) is 1.99. The van der Waals surface area contributed by atoms with Crippen molar-refractivity contribution in [2.45, 2.75) is 6.92 Å². The van der Waals surface area contributed by atoms with Gasteiger partial charge in [-0.2, -0.15) is 0 Å². The lowest BCUT2D eigenvalue weighted by Gasteiger charge is -1.99. The van der Waals surface area contributed by atoms with Gasteiger partial charge in [0.25, 0.3) is 0 Å². The molecule has 1 aromatic carbocycles. The third kappa shape index (κ3) is 3.42.